The van der Waals surface area contributed by atoms with Gasteiger partial charge in [0, 0.05) is 48.0 Å². The fourth-order valence-electron chi connectivity index (χ4n) is 5.18. The van der Waals surface area contributed by atoms with Crippen molar-refractivity contribution in [3.05, 3.63) is 116 Å². The molecule has 3 aromatic carbocycles. The average Bonchev–Trinajstić information content (AvgIpc) is 3.60. The molecule has 0 aliphatic carbocycles. The molecular formula is C36H43ClN6O5S2. The van der Waals surface area contributed by atoms with Crippen LogP contribution in [0.1, 0.15) is 63.7 Å². The number of thiophene rings is 1. The van der Waals surface area contributed by atoms with Crippen LogP contribution in [-0.4, -0.2) is 58.1 Å². The summed E-state index contributed by atoms with van der Waals surface area (Å²) in [4.78, 5) is 40.4. The Labute approximate surface area is 302 Å². The molecule has 3 amide bonds. The monoisotopic (exact) mass is 738 g/mol. The predicted molar refractivity (Wildman–Crippen MR) is 201 cm³/mol. The standard InChI is InChI=1S/C36H43ClN6O5S2/c1-5-33(36(46)40-20-24-9-11-30(38)12-10-24)39-21-31(15-25-13-14-49-22-25)42-35(45)28-16-27(18-32(19-28)43(3)50(4,47)48)34(44)41-23(2)26-7-6-8-29(37)17-26/h6-14,16-19,22-23,31,33,39H,5,15,20-21,38H2,1-4H3,(H,40,46)(H,41,44)(H,42,45)/t23-,31+,33+/m1/s1. The number of nitrogen functional groups attached to an aromatic ring is 1. The molecule has 0 aliphatic heterocycles. The number of nitrogens with two attached hydrogens (primary N) is 1. The average molecular weight is 739 g/mol. The van der Waals surface area contributed by atoms with Crippen molar-refractivity contribution >= 4 is 62.1 Å². The van der Waals surface area contributed by atoms with Gasteiger partial charge in [-0.1, -0.05) is 42.8 Å². The Balaban J connectivity index is 1.53. The van der Waals surface area contributed by atoms with Crippen LogP contribution in [0.3, 0.4) is 0 Å². The van der Waals surface area contributed by atoms with Crippen molar-refractivity contribution in [3.8, 4) is 0 Å². The molecule has 4 rings (SSSR count). The van der Waals surface area contributed by atoms with Crippen LogP contribution in [0.4, 0.5) is 11.4 Å². The summed E-state index contributed by atoms with van der Waals surface area (Å²) >= 11 is 7.67. The highest BCUT2D eigenvalue weighted by atomic mass is 35.5. The molecule has 50 heavy (non-hydrogen) atoms. The molecule has 266 valence electrons. The topological polar surface area (TPSA) is 163 Å². The molecular weight excluding hydrogens is 696 g/mol. The van der Waals surface area contributed by atoms with Crippen molar-refractivity contribution in [2.24, 2.45) is 0 Å². The molecule has 0 saturated heterocycles. The smallest absolute Gasteiger partial charge is 0.251 e. The lowest BCUT2D eigenvalue weighted by molar-refractivity contribution is -0.123. The van der Waals surface area contributed by atoms with E-state index in [1.807, 2.05) is 41.9 Å². The number of nitrogens with zero attached hydrogens (tertiary/aromatic N) is 1. The van der Waals surface area contributed by atoms with E-state index in [1.165, 1.54) is 36.6 Å². The quantitative estimate of drug-likeness (QED) is 0.102. The van der Waals surface area contributed by atoms with Crippen LogP contribution >= 0.6 is 22.9 Å². The molecule has 11 nitrogen and oxygen atoms in total. The summed E-state index contributed by atoms with van der Waals surface area (Å²) < 4.78 is 26.0. The molecule has 0 aliphatic rings. The Hall–Kier alpha value is -4.43. The van der Waals surface area contributed by atoms with Gasteiger partial charge >= 0.3 is 0 Å². The zero-order chi connectivity index (χ0) is 36.4. The fraction of sp³-hybridized carbons (Fsp3) is 0.306. The summed E-state index contributed by atoms with van der Waals surface area (Å²) in [6.45, 7) is 4.31. The molecule has 14 heteroatoms. The Morgan fingerprint density at radius 2 is 1.62 bits per heavy atom. The predicted octanol–water partition coefficient (Wildman–Crippen LogP) is 4.90. The van der Waals surface area contributed by atoms with E-state index >= 15 is 0 Å². The van der Waals surface area contributed by atoms with Gasteiger partial charge < -0.3 is 27.0 Å². The number of hydrogen-bond donors (Lipinski definition) is 5. The van der Waals surface area contributed by atoms with E-state index in [2.05, 4.69) is 21.3 Å². The lowest BCUT2D eigenvalue weighted by Gasteiger charge is -2.24. The van der Waals surface area contributed by atoms with Crippen molar-refractivity contribution in [3.63, 3.8) is 0 Å². The van der Waals surface area contributed by atoms with E-state index in [0.717, 1.165) is 27.3 Å². The number of amides is 3. The van der Waals surface area contributed by atoms with Crippen molar-refractivity contribution in [2.75, 3.05) is 29.9 Å². The van der Waals surface area contributed by atoms with Gasteiger partial charge in [-0.05, 0) is 95.7 Å². The van der Waals surface area contributed by atoms with Crippen LogP contribution in [0.25, 0.3) is 0 Å². The molecule has 0 spiro atoms. The first-order valence-corrected chi connectivity index (χ1v) is 19.2. The third-order valence-corrected chi connectivity index (χ3v) is 10.4. The first kappa shape index (κ1) is 38.4. The van der Waals surface area contributed by atoms with Gasteiger partial charge in [0.1, 0.15) is 0 Å². The molecule has 3 atom stereocenters. The molecule has 1 heterocycles. The maximum atomic E-state index is 13.9. The number of sulfonamides is 1. The highest BCUT2D eigenvalue weighted by Crippen LogP contribution is 2.23. The van der Waals surface area contributed by atoms with Crippen LogP contribution in [0.15, 0.2) is 83.6 Å². The minimum absolute atomic E-state index is 0.0992. The second-order valence-electron chi connectivity index (χ2n) is 12.1. The summed E-state index contributed by atoms with van der Waals surface area (Å²) in [5.74, 6) is -1.18. The minimum atomic E-state index is -3.72. The number of halogens is 1. The SMILES string of the molecule is CC[C@H](NC[C@H](Cc1ccsc1)NC(=O)c1cc(C(=O)N[C@H](C)c2cccc(Cl)c2)cc(N(C)S(C)(=O)=O)c1)C(=O)NCc1ccc(N)cc1. The summed E-state index contributed by atoms with van der Waals surface area (Å²) in [5, 5.41) is 16.7. The highest BCUT2D eigenvalue weighted by Gasteiger charge is 2.23. The maximum Gasteiger partial charge on any atom is 0.251 e. The number of carbonyl (C=O) groups excluding carboxylic acids is 3. The lowest BCUT2D eigenvalue weighted by atomic mass is 10.0. The van der Waals surface area contributed by atoms with E-state index in [4.69, 9.17) is 17.3 Å². The Morgan fingerprint density at radius 1 is 0.940 bits per heavy atom. The Bertz CT molecular complexity index is 1890. The molecule has 0 unspecified atom stereocenters. The maximum absolute atomic E-state index is 13.9. The van der Waals surface area contributed by atoms with E-state index in [-0.39, 0.29) is 29.3 Å². The van der Waals surface area contributed by atoms with Gasteiger partial charge in [-0.15, -0.1) is 0 Å². The number of rotatable bonds is 16. The van der Waals surface area contributed by atoms with Crippen LogP contribution in [0.2, 0.25) is 5.02 Å². The molecule has 1 aromatic heterocycles. The zero-order valence-electron chi connectivity index (χ0n) is 28.4. The van der Waals surface area contributed by atoms with Crippen molar-refractivity contribution in [1.29, 1.82) is 0 Å². The molecule has 0 saturated carbocycles. The van der Waals surface area contributed by atoms with Gasteiger partial charge in [0.25, 0.3) is 11.8 Å². The normalized spacial score (nSPS) is 13.1. The second-order valence-corrected chi connectivity index (χ2v) is 15.3. The first-order valence-electron chi connectivity index (χ1n) is 16.1. The summed E-state index contributed by atoms with van der Waals surface area (Å²) in [5.41, 5.74) is 9.46. The molecule has 0 fully saturated rings. The Morgan fingerprint density at radius 3 is 2.22 bits per heavy atom. The van der Waals surface area contributed by atoms with Crippen LogP contribution < -0.4 is 31.3 Å². The van der Waals surface area contributed by atoms with Crippen molar-refractivity contribution < 1.29 is 22.8 Å². The highest BCUT2D eigenvalue weighted by molar-refractivity contribution is 7.92. The Kier molecular flexibility index (Phi) is 13.4. The van der Waals surface area contributed by atoms with E-state index < -0.39 is 40.0 Å². The third-order valence-electron chi connectivity index (χ3n) is 8.18. The third kappa shape index (κ3) is 11.0. The van der Waals surface area contributed by atoms with Crippen molar-refractivity contribution in [2.45, 2.75) is 51.4 Å². The van der Waals surface area contributed by atoms with Crippen molar-refractivity contribution in [1.82, 2.24) is 21.3 Å². The van der Waals surface area contributed by atoms with E-state index in [1.54, 1.807) is 37.3 Å². The number of anilines is 2. The number of hydrogen-bond acceptors (Lipinski definition) is 8. The molecule has 0 bridgehead atoms. The second kappa shape index (κ2) is 17.5. The van der Waals surface area contributed by atoms with Crippen LogP contribution in [0.5, 0.6) is 0 Å². The van der Waals surface area contributed by atoms with E-state index in [9.17, 15) is 22.8 Å². The van der Waals surface area contributed by atoms with Crippen LogP contribution in [0, 0.1) is 0 Å². The van der Waals surface area contributed by atoms with Gasteiger partial charge in [0.15, 0.2) is 0 Å². The lowest BCUT2D eigenvalue weighted by Crippen LogP contribution is -2.50. The zero-order valence-corrected chi connectivity index (χ0v) is 30.8. The van der Waals surface area contributed by atoms with Gasteiger partial charge in [-0.2, -0.15) is 11.3 Å². The van der Waals surface area contributed by atoms with Gasteiger partial charge in [0.2, 0.25) is 15.9 Å². The summed E-state index contributed by atoms with van der Waals surface area (Å²) in [6.07, 6.45) is 2.02. The van der Waals surface area contributed by atoms with Crippen LogP contribution in [-0.2, 0) is 27.8 Å². The van der Waals surface area contributed by atoms with E-state index in [0.29, 0.717) is 30.1 Å². The van der Waals surface area contributed by atoms with Gasteiger partial charge in [-0.3, -0.25) is 18.7 Å². The molecule has 4 aromatic rings. The summed E-state index contributed by atoms with van der Waals surface area (Å²) in [7, 11) is -2.36. The fourth-order valence-corrected chi connectivity index (χ4v) is 6.55. The number of nitrogens with one attached hydrogen (secondary N) is 4. The van der Waals surface area contributed by atoms with Gasteiger partial charge in [-0.25, -0.2) is 8.42 Å². The summed E-state index contributed by atoms with van der Waals surface area (Å²) in [6, 6.07) is 19.2. The number of benzene rings is 3. The number of carbonyl (C=O) groups is 3. The largest absolute Gasteiger partial charge is 0.399 e. The van der Waals surface area contributed by atoms with Gasteiger partial charge in [0.05, 0.1) is 24.0 Å². The minimum Gasteiger partial charge on any atom is -0.399 e. The first-order chi connectivity index (χ1) is 23.7. The molecule has 6 N–H and O–H groups in total. The molecule has 0 radical (unpaired) electrons.